The van der Waals surface area contributed by atoms with Crippen molar-refractivity contribution in [2.75, 3.05) is 20.2 Å². The molecule has 0 radical (unpaired) electrons. The summed E-state index contributed by atoms with van der Waals surface area (Å²) in [7, 11) is 1.63. The van der Waals surface area contributed by atoms with Crippen molar-refractivity contribution in [2.45, 2.75) is 6.42 Å². The Hall–Kier alpha value is -3.08. The van der Waals surface area contributed by atoms with E-state index in [0.717, 1.165) is 11.3 Å². The zero-order valence-electron chi connectivity index (χ0n) is 14.2. The van der Waals surface area contributed by atoms with E-state index in [2.05, 4.69) is 17.2 Å². The van der Waals surface area contributed by atoms with Crippen LogP contribution in [0.3, 0.4) is 0 Å². The van der Waals surface area contributed by atoms with Gasteiger partial charge >= 0.3 is 0 Å². The van der Waals surface area contributed by atoms with E-state index < -0.39 is 0 Å². The maximum atomic E-state index is 12.2. The maximum Gasteiger partial charge on any atom is 0.251 e. The van der Waals surface area contributed by atoms with Gasteiger partial charge < -0.3 is 15.4 Å². The Bertz CT molecular complexity index is 739. The first-order valence-electron chi connectivity index (χ1n) is 8.05. The monoisotopic (exact) mass is 338 g/mol. The van der Waals surface area contributed by atoms with Crippen molar-refractivity contribution in [3.63, 3.8) is 0 Å². The first kappa shape index (κ1) is 18.3. The Kier molecular flexibility index (Phi) is 6.77. The lowest BCUT2D eigenvalue weighted by Crippen LogP contribution is -2.26. The molecule has 25 heavy (non-hydrogen) atoms. The lowest BCUT2D eigenvalue weighted by Gasteiger charge is -2.09. The highest BCUT2D eigenvalue weighted by atomic mass is 16.5. The van der Waals surface area contributed by atoms with Crippen LogP contribution in [0.4, 0.5) is 0 Å². The molecule has 2 aromatic rings. The van der Waals surface area contributed by atoms with E-state index in [1.807, 2.05) is 24.3 Å². The molecule has 2 rings (SSSR count). The van der Waals surface area contributed by atoms with Gasteiger partial charge in [-0.2, -0.15) is 0 Å². The quantitative estimate of drug-likeness (QED) is 0.727. The first-order valence-corrected chi connectivity index (χ1v) is 8.05. The molecule has 130 valence electrons. The molecular weight excluding hydrogens is 316 g/mol. The normalized spacial score (nSPS) is 9.96. The zero-order valence-corrected chi connectivity index (χ0v) is 14.2. The number of methoxy groups -OCH3 is 1. The van der Waals surface area contributed by atoms with Crippen molar-refractivity contribution < 1.29 is 14.3 Å². The minimum absolute atomic E-state index is 0.173. The van der Waals surface area contributed by atoms with Gasteiger partial charge in [-0.1, -0.05) is 24.3 Å². The lowest BCUT2D eigenvalue weighted by molar-refractivity contribution is 0.0944. The number of ether oxygens (including phenoxy) is 1. The van der Waals surface area contributed by atoms with Crippen LogP contribution in [0.2, 0.25) is 0 Å². The van der Waals surface area contributed by atoms with Crippen molar-refractivity contribution >= 4 is 11.8 Å². The zero-order chi connectivity index (χ0) is 18.1. The second kappa shape index (κ2) is 9.27. The Morgan fingerprint density at radius 2 is 1.60 bits per heavy atom. The summed E-state index contributed by atoms with van der Waals surface area (Å²) >= 11 is 0. The average Bonchev–Trinajstić information content (AvgIpc) is 2.66. The standard InChI is InChI=1S/C20H22N2O3/c1-3-13-21-19(23)16-8-10-17(11-9-16)20(24)22-14-12-15-6-4-5-7-18(15)25-2/h3-11H,1,12-14H2,2H3,(H,21,23)(H,22,24). The molecule has 0 unspecified atom stereocenters. The molecule has 0 atom stereocenters. The van der Waals surface area contributed by atoms with Crippen molar-refractivity contribution in [3.8, 4) is 5.75 Å². The van der Waals surface area contributed by atoms with E-state index >= 15 is 0 Å². The highest BCUT2D eigenvalue weighted by molar-refractivity contribution is 5.97. The molecule has 0 saturated heterocycles. The van der Waals surface area contributed by atoms with E-state index in [0.29, 0.717) is 30.6 Å². The van der Waals surface area contributed by atoms with Gasteiger partial charge in [0, 0.05) is 24.2 Å². The SMILES string of the molecule is C=CCNC(=O)c1ccc(C(=O)NCCc2ccccc2OC)cc1. The van der Waals surface area contributed by atoms with Crippen LogP contribution in [0, 0.1) is 0 Å². The van der Waals surface area contributed by atoms with Crippen molar-refractivity contribution in [3.05, 3.63) is 77.9 Å². The maximum absolute atomic E-state index is 12.2. The number of carbonyl (C=O) groups is 2. The van der Waals surface area contributed by atoms with E-state index in [1.54, 1.807) is 37.5 Å². The molecule has 0 spiro atoms. The van der Waals surface area contributed by atoms with Gasteiger partial charge in [0.2, 0.25) is 0 Å². The summed E-state index contributed by atoms with van der Waals surface area (Å²) in [4.78, 5) is 24.0. The predicted octanol–water partition coefficient (Wildman–Crippen LogP) is 2.58. The molecule has 2 aromatic carbocycles. The Morgan fingerprint density at radius 3 is 2.20 bits per heavy atom. The molecule has 0 aliphatic carbocycles. The van der Waals surface area contributed by atoms with Crippen LogP contribution >= 0.6 is 0 Å². The number of rotatable bonds is 8. The van der Waals surface area contributed by atoms with Gasteiger partial charge in [-0.25, -0.2) is 0 Å². The molecule has 2 amide bonds. The molecule has 0 fully saturated rings. The smallest absolute Gasteiger partial charge is 0.251 e. The number of para-hydroxylation sites is 1. The van der Waals surface area contributed by atoms with Crippen LogP contribution in [0.5, 0.6) is 5.75 Å². The van der Waals surface area contributed by atoms with E-state index in [-0.39, 0.29) is 11.8 Å². The molecule has 0 bridgehead atoms. The molecular formula is C20H22N2O3. The Labute approximate surface area is 147 Å². The van der Waals surface area contributed by atoms with Crippen molar-refractivity contribution in [2.24, 2.45) is 0 Å². The van der Waals surface area contributed by atoms with Crippen LogP contribution in [-0.4, -0.2) is 32.0 Å². The molecule has 5 heteroatoms. The minimum Gasteiger partial charge on any atom is -0.496 e. The van der Waals surface area contributed by atoms with Crippen molar-refractivity contribution in [1.82, 2.24) is 10.6 Å². The molecule has 0 aliphatic rings. The summed E-state index contributed by atoms with van der Waals surface area (Å²) in [5.41, 5.74) is 2.06. The number of carbonyl (C=O) groups excluding carboxylic acids is 2. The number of benzene rings is 2. The fraction of sp³-hybridized carbons (Fsp3) is 0.200. The molecule has 0 heterocycles. The minimum atomic E-state index is -0.192. The highest BCUT2D eigenvalue weighted by Crippen LogP contribution is 2.17. The van der Waals surface area contributed by atoms with E-state index in [9.17, 15) is 9.59 Å². The Morgan fingerprint density at radius 1 is 1.00 bits per heavy atom. The van der Waals surface area contributed by atoms with E-state index in [4.69, 9.17) is 4.74 Å². The van der Waals surface area contributed by atoms with Gasteiger partial charge in [-0.05, 0) is 42.3 Å². The predicted molar refractivity (Wildman–Crippen MR) is 98.0 cm³/mol. The molecule has 0 saturated carbocycles. The fourth-order valence-electron chi connectivity index (χ4n) is 2.36. The Balaban J connectivity index is 1.88. The summed E-state index contributed by atoms with van der Waals surface area (Å²) < 4.78 is 5.29. The van der Waals surface area contributed by atoms with Crippen LogP contribution in [0.25, 0.3) is 0 Å². The second-order valence-corrected chi connectivity index (χ2v) is 5.39. The number of nitrogens with one attached hydrogen (secondary N) is 2. The summed E-state index contributed by atoms with van der Waals surface area (Å²) in [6.45, 7) is 4.46. The third kappa shape index (κ3) is 5.21. The molecule has 2 N–H and O–H groups in total. The van der Waals surface area contributed by atoms with Gasteiger partial charge in [0.1, 0.15) is 5.75 Å². The summed E-state index contributed by atoms with van der Waals surface area (Å²) in [5, 5.41) is 5.56. The van der Waals surface area contributed by atoms with Crippen molar-refractivity contribution in [1.29, 1.82) is 0 Å². The molecule has 0 aliphatic heterocycles. The van der Waals surface area contributed by atoms with Gasteiger partial charge in [-0.15, -0.1) is 6.58 Å². The molecule has 5 nitrogen and oxygen atoms in total. The summed E-state index contributed by atoms with van der Waals surface area (Å²) in [6, 6.07) is 14.3. The third-order valence-corrected chi connectivity index (χ3v) is 3.69. The fourth-order valence-corrected chi connectivity index (χ4v) is 2.36. The van der Waals surface area contributed by atoms with Crippen LogP contribution in [0.15, 0.2) is 61.2 Å². The summed E-state index contributed by atoms with van der Waals surface area (Å²) in [5.74, 6) is 0.447. The summed E-state index contributed by atoms with van der Waals surface area (Å²) in [6.07, 6.45) is 2.29. The second-order valence-electron chi connectivity index (χ2n) is 5.39. The van der Waals surface area contributed by atoms with Crippen LogP contribution in [0.1, 0.15) is 26.3 Å². The van der Waals surface area contributed by atoms with Gasteiger partial charge in [0.25, 0.3) is 11.8 Å². The third-order valence-electron chi connectivity index (χ3n) is 3.69. The number of hydrogen-bond acceptors (Lipinski definition) is 3. The average molecular weight is 338 g/mol. The van der Waals surface area contributed by atoms with Gasteiger partial charge in [-0.3, -0.25) is 9.59 Å². The largest absolute Gasteiger partial charge is 0.496 e. The number of amides is 2. The van der Waals surface area contributed by atoms with Gasteiger partial charge in [0.15, 0.2) is 0 Å². The number of hydrogen-bond donors (Lipinski definition) is 2. The van der Waals surface area contributed by atoms with Crippen LogP contribution in [-0.2, 0) is 6.42 Å². The van der Waals surface area contributed by atoms with Gasteiger partial charge in [0.05, 0.1) is 7.11 Å². The first-order chi connectivity index (χ1) is 12.2. The topological polar surface area (TPSA) is 67.4 Å². The lowest BCUT2D eigenvalue weighted by atomic mass is 10.1. The highest BCUT2D eigenvalue weighted by Gasteiger charge is 2.09. The van der Waals surface area contributed by atoms with E-state index in [1.165, 1.54) is 0 Å². The van der Waals surface area contributed by atoms with Crippen LogP contribution < -0.4 is 15.4 Å². The molecule has 0 aromatic heterocycles.